The zero-order chi connectivity index (χ0) is 26.3. The summed E-state index contributed by atoms with van der Waals surface area (Å²) in [5, 5.41) is 9.76. The first kappa shape index (κ1) is 26.0. The SMILES string of the molecule is CC(C)OC(=O)CNc1cccc(C(Cc2ccc(-c3ccn[nH]3)cc2)NS(=O)(=O)c2ccccn2)n1. The molecular formula is C26H28N6O4S. The van der Waals surface area contributed by atoms with Gasteiger partial charge < -0.3 is 10.1 Å². The van der Waals surface area contributed by atoms with Gasteiger partial charge in [-0.25, -0.2) is 23.1 Å². The maximum atomic E-state index is 13.1. The van der Waals surface area contributed by atoms with Gasteiger partial charge in [-0.05, 0) is 61.7 Å². The zero-order valence-electron chi connectivity index (χ0n) is 20.5. The molecule has 3 heterocycles. The molecule has 4 rings (SSSR count). The number of rotatable bonds is 11. The maximum Gasteiger partial charge on any atom is 0.325 e. The van der Waals surface area contributed by atoms with Gasteiger partial charge in [0.25, 0.3) is 10.0 Å². The van der Waals surface area contributed by atoms with E-state index in [1.165, 1.54) is 12.3 Å². The van der Waals surface area contributed by atoms with Crippen LogP contribution in [0.5, 0.6) is 0 Å². The van der Waals surface area contributed by atoms with Crippen molar-refractivity contribution in [3.8, 4) is 11.3 Å². The lowest BCUT2D eigenvalue weighted by Gasteiger charge is -2.19. The number of hydrogen-bond donors (Lipinski definition) is 3. The summed E-state index contributed by atoms with van der Waals surface area (Å²) in [5.41, 5.74) is 3.23. The molecular weight excluding hydrogens is 492 g/mol. The molecule has 1 aromatic carbocycles. The second-order valence-electron chi connectivity index (χ2n) is 8.55. The van der Waals surface area contributed by atoms with Crippen LogP contribution in [0.15, 0.2) is 84.1 Å². The fraction of sp³-hybridized carbons (Fsp3) is 0.231. The Morgan fingerprint density at radius 1 is 1.00 bits per heavy atom. The largest absolute Gasteiger partial charge is 0.462 e. The Hall–Kier alpha value is -4.09. The summed E-state index contributed by atoms with van der Waals surface area (Å²) < 4.78 is 34.2. The van der Waals surface area contributed by atoms with Crippen LogP contribution in [0, 0.1) is 0 Å². The molecule has 0 bridgehead atoms. The lowest BCUT2D eigenvalue weighted by Crippen LogP contribution is -2.31. The van der Waals surface area contributed by atoms with Gasteiger partial charge in [0, 0.05) is 12.4 Å². The fourth-order valence-electron chi connectivity index (χ4n) is 3.64. The fourth-order valence-corrected chi connectivity index (χ4v) is 4.80. The van der Waals surface area contributed by atoms with Crippen molar-refractivity contribution >= 4 is 21.8 Å². The van der Waals surface area contributed by atoms with Crippen LogP contribution in [-0.2, 0) is 26.0 Å². The highest BCUT2D eigenvalue weighted by Gasteiger charge is 2.24. The van der Waals surface area contributed by atoms with Crippen molar-refractivity contribution in [1.82, 2.24) is 24.9 Å². The molecule has 0 radical (unpaired) electrons. The molecule has 0 aliphatic rings. The molecule has 0 aliphatic heterocycles. The van der Waals surface area contributed by atoms with Crippen LogP contribution in [0.1, 0.15) is 31.1 Å². The van der Waals surface area contributed by atoms with E-state index in [0.29, 0.717) is 17.9 Å². The number of anilines is 1. The minimum Gasteiger partial charge on any atom is -0.462 e. The van der Waals surface area contributed by atoms with Crippen LogP contribution in [-0.4, -0.2) is 47.2 Å². The van der Waals surface area contributed by atoms with Crippen molar-refractivity contribution in [2.24, 2.45) is 0 Å². The van der Waals surface area contributed by atoms with E-state index in [0.717, 1.165) is 16.8 Å². The molecule has 37 heavy (non-hydrogen) atoms. The van der Waals surface area contributed by atoms with Crippen LogP contribution in [0.2, 0.25) is 0 Å². The van der Waals surface area contributed by atoms with Gasteiger partial charge in [-0.2, -0.15) is 5.10 Å². The molecule has 3 aromatic heterocycles. The minimum atomic E-state index is -3.93. The number of ether oxygens (including phenoxy) is 1. The summed E-state index contributed by atoms with van der Waals surface area (Å²) in [6, 6.07) is 18.8. The molecule has 0 fully saturated rings. The molecule has 192 valence electrons. The summed E-state index contributed by atoms with van der Waals surface area (Å²) in [6.45, 7) is 3.49. The first-order valence-electron chi connectivity index (χ1n) is 11.7. The molecule has 4 aromatic rings. The van der Waals surface area contributed by atoms with Gasteiger partial charge in [0.15, 0.2) is 5.03 Å². The molecule has 1 unspecified atom stereocenters. The Morgan fingerprint density at radius 3 is 2.49 bits per heavy atom. The number of carbonyl (C=O) groups is 1. The topological polar surface area (TPSA) is 139 Å². The standard InChI is InChI=1S/C26H28N6O4S/c1-18(2)36-26(33)17-28-24-7-5-6-22(30-24)23(32-37(34,35)25-8-3-4-14-27-25)16-19-9-11-20(12-10-19)21-13-15-29-31-21/h3-15,18,23,32H,16-17H2,1-2H3,(H,28,30)(H,29,31). The predicted octanol–water partition coefficient (Wildman–Crippen LogP) is 3.49. The Bertz CT molecular complexity index is 1410. The molecule has 10 nitrogen and oxygen atoms in total. The van der Waals surface area contributed by atoms with Crippen molar-refractivity contribution < 1.29 is 17.9 Å². The Morgan fingerprint density at radius 2 is 1.81 bits per heavy atom. The van der Waals surface area contributed by atoms with Crippen LogP contribution >= 0.6 is 0 Å². The number of pyridine rings is 2. The number of H-pyrrole nitrogens is 1. The van der Waals surface area contributed by atoms with E-state index in [1.807, 2.05) is 30.3 Å². The van der Waals surface area contributed by atoms with Gasteiger partial charge in [-0.3, -0.25) is 9.89 Å². The van der Waals surface area contributed by atoms with E-state index in [1.54, 1.807) is 50.4 Å². The van der Waals surface area contributed by atoms with E-state index in [4.69, 9.17) is 4.74 Å². The molecule has 0 saturated carbocycles. The normalized spacial score (nSPS) is 12.3. The third-order valence-electron chi connectivity index (χ3n) is 5.32. The van der Waals surface area contributed by atoms with Gasteiger partial charge in [-0.15, -0.1) is 0 Å². The number of esters is 1. The van der Waals surface area contributed by atoms with Crippen LogP contribution in [0.25, 0.3) is 11.3 Å². The zero-order valence-corrected chi connectivity index (χ0v) is 21.3. The van der Waals surface area contributed by atoms with E-state index >= 15 is 0 Å². The summed E-state index contributed by atoms with van der Waals surface area (Å²) in [5.74, 6) is 0.0156. The summed E-state index contributed by atoms with van der Waals surface area (Å²) in [4.78, 5) is 20.5. The molecule has 0 aliphatic carbocycles. The number of benzene rings is 1. The average Bonchev–Trinajstić information content (AvgIpc) is 3.43. The third-order valence-corrected chi connectivity index (χ3v) is 6.71. The average molecular weight is 521 g/mol. The molecule has 0 amide bonds. The molecule has 0 spiro atoms. The molecule has 3 N–H and O–H groups in total. The van der Waals surface area contributed by atoms with Gasteiger partial charge >= 0.3 is 5.97 Å². The maximum absolute atomic E-state index is 13.1. The lowest BCUT2D eigenvalue weighted by atomic mass is 10.0. The third kappa shape index (κ3) is 7.21. The smallest absolute Gasteiger partial charge is 0.325 e. The monoisotopic (exact) mass is 520 g/mol. The van der Waals surface area contributed by atoms with E-state index in [2.05, 4.69) is 30.2 Å². The Balaban J connectivity index is 1.58. The van der Waals surface area contributed by atoms with E-state index in [-0.39, 0.29) is 17.7 Å². The number of aromatic amines is 1. The van der Waals surface area contributed by atoms with Crippen molar-refractivity contribution in [1.29, 1.82) is 0 Å². The second-order valence-corrected chi connectivity index (χ2v) is 10.2. The van der Waals surface area contributed by atoms with Crippen molar-refractivity contribution in [2.75, 3.05) is 11.9 Å². The summed E-state index contributed by atoms with van der Waals surface area (Å²) in [6.07, 6.45) is 3.22. The Labute approximate surface area is 215 Å². The van der Waals surface area contributed by atoms with Crippen molar-refractivity contribution in [3.05, 3.63) is 90.4 Å². The van der Waals surface area contributed by atoms with Gasteiger partial charge in [0.2, 0.25) is 0 Å². The van der Waals surface area contributed by atoms with Crippen LogP contribution in [0.4, 0.5) is 5.82 Å². The van der Waals surface area contributed by atoms with Crippen molar-refractivity contribution in [3.63, 3.8) is 0 Å². The van der Waals surface area contributed by atoms with Gasteiger partial charge in [0.1, 0.15) is 12.4 Å². The number of aromatic nitrogens is 4. The number of nitrogens with one attached hydrogen (secondary N) is 3. The summed E-state index contributed by atoms with van der Waals surface area (Å²) >= 11 is 0. The predicted molar refractivity (Wildman–Crippen MR) is 139 cm³/mol. The summed E-state index contributed by atoms with van der Waals surface area (Å²) in [7, 11) is -3.93. The molecule has 1 atom stereocenters. The molecule has 0 saturated heterocycles. The van der Waals surface area contributed by atoms with Crippen molar-refractivity contribution in [2.45, 2.75) is 37.4 Å². The number of hydrogen-bond acceptors (Lipinski definition) is 8. The molecule has 11 heteroatoms. The highest BCUT2D eigenvalue weighted by molar-refractivity contribution is 7.89. The minimum absolute atomic E-state index is 0.0615. The highest BCUT2D eigenvalue weighted by atomic mass is 32.2. The van der Waals surface area contributed by atoms with Gasteiger partial charge in [-0.1, -0.05) is 36.4 Å². The van der Waals surface area contributed by atoms with Crippen LogP contribution < -0.4 is 10.0 Å². The lowest BCUT2D eigenvalue weighted by molar-refractivity contribution is -0.145. The first-order valence-corrected chi connectivity index (χ1v) is 13.2. The van der Waals surface area contributed by atoms with Crippen LogP contribution in [0.3, 0.4) is 0 Å². The van der Waals surface area contributed by atoms with E-state index < -0.39 is 22.0 Å². The quantitative estimate of drug-likeness (QED) is 0.256. The highest BCUT2D eigenvalue weighted by Crippen LogP contribution is 2.23. The Kier molecular flexibility index (Phi) is 8.26. The van der Waals surface area contributed by atoms with E-state index in [9.17, 15) is 13.2 Å². The second kappa shape index (κ2) is 11.8. The first-order chi connectivity index (χ1) is 17.8. The number of nitrogens with zero attached hydrogens (tertiary/aromatic N) is 3. The number of carbonyl (C=O) groups excluding carboxylic acids is 1. The number of sulfonamides is 1. The van der Waals surface area contributed by atoms with Gasteiger partial charge in [0.05, 0.1) is 23.5 Å².